The molecule has 21 heavy (non-hydrogen) atoms. The van der Waals surface area contributed by atoms with Gasteiger partial charge in [-0.3, -0.25) is 4.98 Å². The first-order valence-electron chi connectivity index (χ1n) is 6.79. The number of nitrogens with one attached hydrogen (secondary N) is 1. The highest BCUT2D eigenvalue weighted by Crippen LogP contribution is 2.18. The number of ether oxygens (including phenoxy) is 1. The van der Waals surface area contributed by atoms with Gasteiger partial charge in [0.2, 0.25) is 0 Å². The van der Waals surface area contributed by atoms with Gasteiger partial charge in [0.05, 0.1) is 16.9 Å². The number of aromatic nitrogens is 1. The normalized spacial score (nSPS) is 10.9. The smallest absolute Gasteiger partial charge is 0.141 e. The summed E-state index contributed by atoms with van der Waals surface area (Å²) in [5.41, 5.74) is 1.77. The molecule has 0 unspecified atom stereocenters. The molecule has 1 aromatic carbocycles. The van der Waals surface area contributed by atoms with Crippen molar-refractivity contribution in [2.45, 2.75) is 33.0 Å². The van der Waals surface area contributed by atoms with Gasteiger partial charge in [-0.1, -0.05) is 31.5 Å². The summed E-state index contributed by atoms with van der Waals surface area (Å²) in [5, 5.41) is 3.40. The molecule has 0 saturated carbocycles. The molecule has 0 radical (unpaired) electrons. The summed E-state index contributed by atoms with van der Waals surface area (Å²) in [6, 6.07) is 8.75. The number of benzene rings is 1. The van der Waals surface area contributed by atoms with Gasteiger partial charge in [-0.25, -0.2) is 4.39 Å². The third-order valence-electron chi connectivity index (χ3n) is 2.88. The van der Waals surface area contributed by atoms with Gasteiger partial charge in [0, 0.05) is 12.6 Å². The van der Waals surface area contributed by atoms with E-state index >= 15 is 0 Å². The maximum absolute atomic E-state index is 13.0. The van der Waals surface area contributed by atoms with E-state index in [9.17, 15) is 4.39 Å². The Labute approximate surface area is 129 Å². The Bertz CT molecular complexity index is 587. The van der Waals surface area contributed by atoms with E-state index < -0.39 is 5.82 Å². The molecule has 0 aliphatic heterocycles. The first kappa shape index (κ1) is 15.7. The fourth-order valence-corrected chi connectivity index (χ4v) is 1.91. The highest BCUT2D eigenvalue weighted by Gasteiger charge is 2.03. The topological polar surface area (TPSA) is 34.1 Å². The van der Waals surface area contributed by atoms with E-state index in [-0.39, 0.29) is 5.02 Å². The molecule has 0 amide bonds. The van der Waals surface area contributed by atoms with Crippen LogP contribution in [0.15, 0.2) is 36.5 Å². The molecule has 0 bridgehead atoms. The van der Waals surface area contributed by atoms with Crippen molar-refractivity contribution in [3.05, 3.63) is 58.6 Å². The monoisotopic (exact) mass is 308 g/mol. The van der Waals surface area contributed by atoms with Crippen molar-refractivity contribution >= 4 is 11.6 Å². The number of rotatable bonds is 6. The molecule has 1 aromatic heterocycles. The van der Waals surface area contributed by atoms with Crippen LogP contribution in [-0.4, -0.2) is 11.0 Å². The first-order chi connectivity index (χ1) is 10.0. The predicted octanol–water partition coefficient (Wildman–Crippen LogP) is 3.95. The molecular weight excluding hydrogens is 291 g/mol. The summed E-state index contributed by atoms with van der Waals surface area (Å²) in [6.45, 7) is 5.23. The van der Waals surface area contributed by atoms with E-state index in [0.717, 1.165) is 17.8 Å². The molecular formula is C16H18ClFN2O. The molecule has 5 heteroatoms. The van der Waals surface area contributed by atoms with Crippen LogP contribution in [0.1, 0.15) is 25.1 Å². The second-order valence-electron chi connectivity index (χ2n) is 5.06. The number of hydrogen-bond donors (Lipinski definition) is 1. The maximum Gasteiger partial charge on any atom is 0.141 e. The largest absolute Gasteiger partial charge is 0.487 e. The molecule has 2 rings (SSSR count). The zero-order valence-corrected chi connectivity index (χ0v) is 12.8. The number of nitrogens with zero attached hydrogens (tertiary/aromatic N) is 1. The summed E-state index contributed by atoms with van der Waals surface area (Å²) in [5.74, 6) is 0.243. The first-order valence-corrected chi connectivity index (χ1v) is 7.17. The fraction of sp³-hybridized carbons (Fsp3) is 0.312. The molecule has 112 valence electrons. The Kier molecular flexibility index (Phi) is 5.53. The maximum atomic E-state index is 13.0. The third-order valence-corrected chi connectivity index (χ3v) is 3.17. The van der Waals surface area contributed by atoms with Crippen LogP contribution in [0.4, 0.5) is 4.39 Å². The third kappa shape index (κ3) is 4.99. The van der Waals surface area contributed by atoms with Crippen LogP contribution in [0.2, 0.25) is 5.02 Å². The average Bonchev–Trinajstić information content (AvgIpc) is 2.47. The molecule has 0 aliphatic rings. The van der Waals surface area contributed by atoms with Crippen molar-refractivity contribution in [3.8, 4) is 5.75 Å². The Hall–Kier alpha value is -1.65. The summed E-state index contributed by atoms with van der Waals surface area (Å²) < 4.78 is 18.7. The van der Waals surface area contributed by atoms with Crippen LogP contribution >= 0.6 is 11.6 Å². The second-order valence-corrected chi connectivity index (χ2v) is 5.47. The summed E-state index contributed by atoms with van der Waals surface area (Å²) in [6.07, 6.45) is 1.68. The SMILES string of the molecule is CC(C)NCc1ccc(OCc2ccc(F)c(Cl)c2)cn1. The summed E-state index contributed by atoms with van der Waals surface area (Å²) in [4.78, 5) is 4.32. The number of hydrogen-bond acceptors (Lipinski definition) is 3. The Morgan fingerprint density at radius 1 is 1.29 bits per heavy atom. The average molecular weight is 309 g/mol. The van der Waals surface area contributed by atoms with Gasteiger partial charge in [-0.05, 0) is 29.8 Å². The van der Waals surface area contributed by atoms with Gasteiger partial charge in [0.1, 0.15) is 18.2 Å². The lowest BCUT2D eigenvalue weighted by Gasteiger charge is -2.09. The van der Waals surface area contributed by atoms with Crippen molar-refractivity contribution in [1.29, 1.82) is 0 Å². The molecule has 3 nitrogen and oxygen atoms in total. The van der Waals surface area contributed by atoms with E-state index in [4.69, 9.17) is 16.3 Å². The number of halogens is 2. The van der Waals surface area contributed by atoms with Crippen LogP contribution < -0.4 is 10.1 Å². The predicted molar refractivity (Wildman–Crippen MR) is 82.0 cm³/mol. The zero-order chi connectivity index (χ0) is 15.2. The minimum Gasteiger partial charge on any atom is -0.487 e. The van der Waals surface area contributed by atoms with Crippen molar-refractivity contribution in [2.75, 3.05) is 0 Å². The lowest BCUT2D eigenvalue weighted by Crippen LogP contribution is -2.22. The Morgan fingerprint density at radius 3 is 2.71 bits per heavy atom. The Morgan fingerprint density at radius 2 is 2.10 bits per heavy atom. The lowest BCUT2D eigenvalue weighted by molar-refractivity contribution is 0.304. The van der Waals surface area contributed by atoms with Crippen LogP contribution in [0.3, 0.4) is 0 Å². The van der Waals surface area contributed by atoms with Crippen molar-refractivity contribution < 1.29 is 9.13 Å². The molecule has 0 spiro atoms. The standard InChI is InChI=1S/C16H18ClFN2O/c1-11(2)19-8-13-4-5-14(9-20-13)21-10-12-3-6-16(18)15(17)7-12/h3-7,9,11,19H,8,10H2,1-2H3. The zero-order valence-electron chi connectivity index (χ0n) is 12.1. The van der Waals surface area contributed by atoms with Crippen molar-refractivity contribution in [3.63, 3.8) is 0 Å². The number of pyridine rings is 1. The van der Waals surface area contributed by atoms with Gasteiger partial charge < -0.3 is 10.1 Å². The molecule has 1 N–H and O–H groups in total. The van der Waals surface area contributed by atoms with Gasteiger partial charge in [-0.2, -0.15) is 0 Å². The van der Waals surface area contributed by atoms with Gasteiger partial charge in [-0.15, -0.1) is 0 Å². The highest BCUT2D eigenvalue weighted by molar-refractivity contribution is 6.30. The molecule has 0 fully saturated rings. The lowest BCUT2D eigenvalue weighted by atomic mass is 10.2. The highest BCUT2D eigenvalue weighted by atomic mass is 35.5. The fourth-order valence-electron chi connectivity index (χ4n) is 1.71. The minimum absolute atomic E-state index is 0.101. The van der Waals surface area contributed by atoms with Crippen LogP contribution in [0, 0.1) is 5.82 Å². The van der Waals surface area contributed by atoms with E-state index in [1.165, 1.54) is 6.07 Å². The van der Waals surface area contributed by atoms with Crippen LogP contribution in [0.25, 0.3) is 0 Å². The molecule has 0 saturated heterocycles. The summed E-state index contributed by atoms with van der Waals surface area (Å²) >= 11 is 5.73. The second kappa shape index (κ2) is 7.38. The van der Waals surface area contributed by atoms with Crippen LogP contribution in [-0.2, 0) is 13.2 Å². The van der Waals surface area contributed by atoms with E-state index in [1.807, 2.05) is 12.1 Å². The molecule has 2 aromatic rings. The van der Waals surface area contributed by atoms with Crippen molar-refractivity contribution in [2.24, 2.45) is 0 Å². The van der Waals surface area contributed by atoms with Gasteiger partial charge >= 0.3 is 0 Å². The van der Waals surface area contributed by atoms with E-state index in [0.29, 0.717) is 18.4 Å². The quantitative estimate of drug-likeness (QED) is 0.877. The van der Waals surface area contributed by atoms with Crippen LogP contribution in [0.5, 0.6) is 5.75 Å². The van der Waals surface area contributed by atoms with Gasteiger partial charge in [0.25, 0.3) is 0 Å². The molecule has 0 atom stereocenters. The minimum atomic E-state index is -0.427. The van der Waals surface area contributed by atoms with E-state index in [2.05, 4.69) is 24.1 Å². The molecule has 0 aliphatic carbocycles. The molecule has 1 heterocycles. The Balaban J connectivity index is 1.89. The van der Waals surface area contributed by atoms with E-state index in [1.54, 1.807) is 18.3 Å². The van der Waals surface area contributed by atoms with Gasteiger partial charge in [0.15, 0.2) is 0 Å². The summed E-state index contributed by atoms with van der Waals surface area (Å²) in [7, 11) is 0. The van der Waals surface area contributed by atoms with Crippen molar-refractivity contribution in [1.82, 2.24) is 10.3 Å².